The lowest BCUT2D eigenvalue weighted by atomic mass is 10.2. The maximum atomic E-state index is 12.9. The second-order valence-corrected chi connectivity index (χ2v) is 5.80. The third-order valence-electron chi connectivity index (χ3n) is 3.59. The Hall–Kier alpha value is -2.87. The van der Waals surface area contributed by atoms with Crippen LogP contribution in [-0.2, 0) is 0 Å². The van der Waals surface area contributed by atoms with Crippen LogP contribution in [-0.4, -0.2) is 30.2 Å². The maximum absolute atomic E-state index is 12.9. The molecule has 8 heteroatoms. The Morgan fingerprint density at radius 2 is 2.09 bits per heavy atom. The number of phenols is 1. The van der Waals surface area contributed by atoms with Gasteiger partial charge in [0, 0.05) is 11.5 Å². The van der Waals surface area contributed by atoms with Crippen molar-refractivity contribution in [1.82, 2.24) is 19.2 Å². The molecule has 0 amide bonds. The minimum atomic E-state index is -0.374. The number of imidazole rings is 1. The SMILES string of the molecule is Nc1nn(C(=O)c2cccc3ncc(Br)n23)c2cc(O)ccc12. The summed E-state index contributed by atoms with van der Waals surface area (Å²) in [6.45, 7) is 0. The average Bonchev–Trinajstić information content (AvgIpc) is 3.08. The molecule has 7 nitrogen and oxygen atoms in total. The van der Waals surface area contributed by atoms with E-state index in [2.05, 4.69) is 26.0 Å². The number of aromatic nitrogens is 4. The average molecular weight is 372 g/mol. The molecule has 3 N–H and O–H groups in total. The van der Waals surface area contributed by atoms with Crippen molar-refractivity contribution in [3.05, 3.63) is 52.9 Å². The molecule has 0 spiro atoms. The number of benzene rings is 1. The summed E-state index contributed by atoms with van der Waals surface area (Å²) in [5, 5.41) is 14.4. The fourth-order valence-electron chi connectivity index (χ4n) is 2.56. The highest BCUT2D eigenvalue weighted by atomic mass is 79.9. The van der Waals surface area contributed by atoms with E-state index in [1.54, 1.807) is 34.9 Å². The normalized spacial score (nSPS) is 11.3. The van der Waals surface area contributed by atoms with Gasteiger partial charge in [0.05, 0.1) is 11.7 Å². The molecular formula is C15H10BrN5O2. The number of nitrogens with zero attached hydrogens (tertiary/aromatic N) is 4. The van der Waals surface area contributed by atoms with Crippen LogP contribution in [0.25, 0.3) is 16.6 Å². The van der Waals surface area contributed by atoms with Gasteiger partial charge in [0.15, 0.2) is 5.82 Å². The number of anilines is 1. The van der Waals surface area contributed by atoms with Crippen molar-refractivity contribution in [2.24, 2.45) is 0 Å². The van der Waals surface area contributed by atoms with Crippen LogP contribution in [0.2, 0.25) is 0 Å². The third-order valence-corrected chi connectivity index (χ3v) is 4.15. The molecule has 4 aromatic rings. The summed E-state index contributed by atoms with van der Waals surface area (Å²) in [5.41, 5.74) is 7.33. The molecule has 0 saturated heterocycles. The van der Waals surface area contributed by atoms with Crippen LogP contribution in [0.3, 0.4) is 0 Å². The van der Waals surface area contributed by atoms with E-state index in [0.717, 1.165) is 0 Å². The molecule has 0 bridgehead atoms. The number of nitrogens with two attached hydrogens (primary N) is 1. The van der Waals surface area contributed by atoms with Crippen molar-refractivity contribution in [3.8, 4) is 5.75 Å². The summed E-state index contributed by atoms with van der Waals surface area (Å²) >= 11 is 3.38. The molecule has 0 atom stereocenters. The monoisotopic (exact) mass is 371 g/mol. The van der Waals surface area contributed by atoms with Crippen LogP contribution in [0.5, 0.6) is 5.75 Å². The van der Waals surface area contributed by atoms with Crippen LogP contribution in [0, 0.1) is 0 Å². The quantitative estimate of drug-likeness (QED) is 0.535. The zero-order chi connectivity index (χ0) is 16.1. The Kier molecular flexibility index (Phi) is 2.88. The molecular weight excluding hydrogens is 362 g/mol. The molecule has 0 radical (unpaired) electrons. The minimum Gasteiger partial charge on any atom is -0.508 e. The molecule has 0 unspecified atom stereocenters. The number of fused-ring (bicyclic) bond motifs is 2. The number of phenolic OH excluding ortho intramolecular Hbond substituents is 1. The van der Waals surface area contributed by atoms with Gasteiger partial charge in [-0.15, -0.1) is 5.10 Å². The first-order chi connectivity index (χ1) is 11.1. The van der Waals surface area contributed by atoms with Crippen LogP contribution in [0.4, 0.5) is 5.82 Å². The highest BCUT2D eigenvalue weighted by molar-refractivity contribution is 9.10. The van der Waals surface area contributed by atoms with E-state index in [-0.39, 0.29) is 17.5 Å². The minimum absolute atomic E-state index is 0.0356. The standard InChI is InChI=1S/C15H10BrN5O2/c16-12-7-18-13-3-1-2-10(20(12)13)15(23)21-11-6-8(22)4-5-9(11)14(17)19-21/h1-7,22H,(H2,17,19). The Bertz CT molecular complexity index is 1080. The van der Waals surface area contributed by atoms with Gasteiger partial charge in [0.2, 0.25) is 0 Å². The molecule has 0 aliphatic rings. The number of carbonyl (C=O) groups is 1. The van der Waals surface area contributed by atoms with Crippen molar-refractivity contribution in [2.75, 3.05) is 5.73 Å². The smallest absolute Gasteiger partial charge is 0.295 e. The first kappa shape index (κ1) is 13.8. The number of halogens is 1. The maximum Gasteiger partial charge on any atom is 0.295 e. The number of nitrogen functional groups attached to an aromatic ring is 1. The number of hydrogen-bond donors (Lipinski definition) is 2. The lowest BCUT2D eigenvalue weighted by molar-refractivity contribution is 0.0944. The van der Waals surface area contributed by atoms with Gasteiger partial charge in [0.25, 0.3) is 5.91 Å². The van der Waals surface area contributed by atoms with Gasteiger partial charge < -0.3 is 10.8 Å². The van der Waals surface area contributed by atoms with Gasteiger partial charge in [-0.25, -0.2) is 4.98 Å². The van der Waals surface area contributed by atoms with E-state index in [4.69, 9.17) is 5.73 Å². The Balaban J connectivity index is 1.99. The van der Waals surface area contributed by atoms with Crippen molar-refractivity contribution >= 4 is 44.2 Å². The van der Waals surface area contributed by atoms with Crippen molar-refractivity contribution in [2.45, 2.75) is 0 Å². The predicted molar refractivity (Wildman–Crippen MR) is 88.4 cm³/mol. The summed E-state index contributed by atoms with van der Waals surface area (Å²) in [4.78, 5) is 17.1. The van der Waals surface area contributed by atoms with Crippen molar-refractivity contribution < 1.29 is 9.90 Å². The molecule has 1 aromatic carbocycles. The second-order valence-electron chi connectivity index (χ2n) is 4.99. The van der Waals surface area contributed by atoms with Crippen molar-refractivity contribution in [1.29, 1.82) is 0 Å². The number of hydrogen-bond acceptors (Lipinski definition) is 5. The first-order valence-electron chi connectivity index (χ1n) is 6.70. The summed E-state index contributed by atoms with van der Waals surface area (Å²) in [5.74, 6) is -0.111. The van der Waals surface area contributed by atoms with Gasteiger partial charge in [-0.05, 0) is 40.2 Å². The number of rotatable bonds is 1. The number of pyridine rings is 1. The lowest BCUT2D eigenvalue weighted by Crippen LogP contribution is -2.17. The molecule has 0 saturated carbocycles. The fraction of sp³-hybridized carbons (Fsp3) is 0. The highest BCUT2D eigenvalue weighted by Gasteiger charge is 2.19. The van der Waals surface area contributed by atoms with Gasteiger partial charge in [-0.1, -0.05) is 6.07 Å². The molecule has 0 aliphatic heterocycles. The molecule has 0 aliphatic carbocycles. The third kappa shape index (κ3) is 1.99. The topological polar surface area (TPSA) is 98.4 Å². The van der Waals surface area contributed by atoms with E-state index >= 15 is 0 Å². The fourth-order valence-corrected chi connectivity index (χ4v) is 3.03. The van der Waals surface area contributed by atoms with Gasteiger partial charge in [-0.3, -0.25) is 9.20 Å². The Morgan fingerprint density at radius 1 is 1.26 bits per heavy atom. The molecule has 3 aromatic heterocycles. The second kappa shape index (κ2) is 4.82. The zero-order valence-electron chi connectivity index (χ0n) is 11.6. The predicted octanol–water partition coefficient (Wildman–Crippen LogP) is 2.42. The van der Waals surface area contributed by atoms with Crippen LogP contribution in [0.15, 0.2) is 47.2 Å². The van der Waals surface area contributed by atoms with Crippen LogP contribution < -0.4 is 5.73 Å². The number of aromatic hydroxyl groups is 1. The molecule has 3 heterocycles. The highest BCUT2D eigenvalue weighted by Crippen LogP contribution is 2.26. The Labute approximate surface area is 138 Å². The number of carbonyl (C=O) groups excluding carboxylic acids is 1. The largest absolute Gasteiger partial charge is 0.508 e. The molecule has 0 fully saturated rings. The van der Waals surface area contributed by atoms with Gasteiger partial charge >= 0.3 is 0 Å². The summed E-state index contributed by atoms with van der Waals surface area (Å²) in [6, 6.07) is 9.80. The van der Waals surface area contributed by atoms with E-state index < -0.39 is 0 Å². The summed E-state index contributed by atoms with van der Waals surface area (Å²) < 4.78 is 3.52. The van der Waals surface area contributed by atoms with E-state index in [0.29, 0.717) is 26.8 Å². The summed E-state index contributed by atoms with van der Waals surface area (Å²) in [7, 11) is 0. The van der Waals surface area contributed by atoms with Gasteiger partial charge in [0.1, 0.15) is 21.7 Å². The van der Waals surface area contributed by atoms with Crippen LogP contribution >= 0.6 is 15.9 Å². The molecule has 114 valence electrons. The van der Waals surface area contributed by atoms with E-state index in [9.17, 15) is 9.90 Å². The van der Waals surface area contributed by atoms with E-state index in [1.165, 1.54) is 16.8 Å². The van der Waals surface area contributed by atoms with E-state index in [1.807, 2.05) is 0 Å². The van der Waals surface area contributed by atoms with Crippen molar-refractivity contribution in [3.63, 3.8) is 0 Å². The summed E-state index contributed by atoms with van der Waals surface area (Å²) in [6.07, 6.45) is 1.62. The first-order valence-corrected chi connectivity index (χ1v) is 7.49. The zero-order valence-corrected chi connectivity index (χ0v) is 13.2. The van der Waals surface area contributed by atoms with Gasteiger partial charge in [-0.2, -0.15) is 4.68 Å². The van der Waals surface area contributed by atoms with Crippen LogP contribution in [0.1, 0.15) is 10.5 Å². The Morgan fingerprint density at radius 3 is 2.91 bits per heavy atom. The molecule has 23 heavy (non-hydrogen) atoms. The lowest BCUT2D eigenvalue weighted by Gasteiger charge is -2.06. The molecule has 4 rings (SSSR count).